The quantitative estimate of drug-likeness (QED) is 0.247. The van der Waals surface area contributed by atoms with Crippen molar-refractivity contribution in [3.8, 4) is 17.2 Å². The van der Waals surface area contributed by atoms with Crippen molar-refractivity contribution >= 4 is 23.6 Å². The molecule has 0 aromatic heterocycles. The Kier molecular flexibility index (Phi) is 11.4. The molecule has 1 amide bonds. The van der Waals surface area contributed by atoms with Gasteiger partial charge in [0, 0.05) is 12.0 Å². The Labute approximate surface area is 246 Å². The van der Waals surface area contributed by atoms with Gasteiger partial charge in [-0.1, -0.05) is 39.0 Å². The first kappa shape index (κ1) is 32.4. The number of ether oxygens (including phenoxy) is 4. The molecule has 0 spiro atoms. The highest BCUT2D eigenvalue weighted by atomic mass is 16.5. The summed E-state index contributed by atoms with van der Waals surface area (Å²) in [6, 6.07) is 11.4. The third kappa shape index (κ3) is 8.24. The molecule has 228 valence electrons. The van der Waals surface area contributed by atoms with E-state index in [0.29, 0.717) is 61.5 Å². The maximum Gasteiger partial charge on any atom is 0.341 e. The number of ketones is 1. The number of aryl methyl sites for hydroxylation is 1. The van der Waals surface area contributed by atoms with Crippen LogP contribution in [0.4, 0.5) is 0 Å². The lowest BCUT2D eigenvalue weighted by atomic mass is 9.84. The molecule has 2 aromatic carbocycles. The summed E-state index contributed by atoms with van der Waals surface area (Å²) < 4.78 is 22.1. The van der Waals surface area contributed by atoms with Crippen molar-refractivity contribution < 1.29 is 43.2 Å². The zero-order valence-electron chi connectivity index (χ0n) is 25.0. The van der Waals surface area contributed by atoms with Gasteiger partial charge in [0.25, 0.3) is 5.91 Å². The number of piperidine rings is 1. The number of nitrogens with zero attached hydrogens (tertiary/aromatic N) is 1. The lowest BCUT2D eigenvalue weighted by Gasteiger charge is -2.36. The monoisotopic (exact) mass is 583 g/mol. The molecule has 1 saturated heterocycles. The van der Waals surface area contributed by atoms with Gasteiger partial charge < -0.3 is 29.0 Å². The number of esters is 1. The van der Waals surface area contributed by atoms with Gasteiger partial charge in [0.1, 0.15) is 17.9 Å². The Morgan fingerprint density at radius 3 is 2.31 bits per heavy atom. The van der Waals surface area contributed by atoms with Gasteiger partial charge in [-0.3, -0.25) is 9.59 Å². The van der Waals surface area contributed by atoms with Crippen LogP contribution in [-0.2, 0) is 30.3 Å². The number of aliphatic carboxylic acids is 1. The molecule has 2 atom stereocenters. The first-order valence-corrected chi connectivity index (χ1v) is 14.2. The summed E-state index contributed by atoms with van der Waals surface area (Å²) in [6.07, 6.45) is 2.63. The lowest BCUT2D eigenvalue weighted by Crippen LogP contribution is -2.53. The number of amides is 1. The number of likely N-dealkylation sites (tertiary alicyclic amines) is 1. The van der Waals surface area contributed by atoms with Gasteiger partial charge in [-0.25, -0.2) is 9.59 Å². The van der Waals surface area contributed by atoms with Gasteiger partial charge >= 0.3 is 11.9 Å². The number of carbonyl (C=O) groups is 4. The molecule has 1 heterocycles. The second-order valence-corrected chi connectivity index (χ2v) is 11.0. The van der Waals surface area contributed by atoms with E-state index in [2.05, 4.69) is 0 Å². The van der Waals surface area contributed by atoms with Gasteiger partial charge in [-0.15, -0.1) is 0 Å². The van der Waals surface area contributed by atoms with E-state index >= 15 is 0 Å². The number of carboxylic acids is 1. The van der Waals surface area contributed by atoms with E-state index in [-0.39, 0.29) is 0 Å². The van der Waals surface area contributed by atoms with Crippen LogP contribution in [0.2, 0.25) is 0 Å². The number of benzene rings is 2. The summed E-state index contributed by atoms with van der Waals surface area (Å²) in [5.74, 6) is -1.26. The van der Waals surface area contributed by atoms with E-state index in [1.165, 1.54) is 4.90 Å². The summed E-state index contributed by atoms with van der Waals surface area (Å²) in [4.78, 5) is 52.1. The molecule has 3 rings (SSSR count). The molecule has 10 heteroatoms. The zero-order chi connectivity index (χ0) is 30.9. The first-order chi connectivity index (χ1) is 20.0. The molecule has 1 N–H and O–H groups in total. The fourth-order valence-corrected chi connectivity index (χ4v) is 4.77. The van der Waals surface area contributed by atoms with E-state index in [1.807, 2.05) is 25.1 Å². The molecule has 1 aliphatic heterocycles. The van der Waals surface area contributed by atoms with E-state index in [1.54, 1.807) is 52.3 Å². The predicted molar refractivity (Wildman–Crippen MR) is 155 cm³/mol. The molecule has 1 aliphatic rings. The highest BCUT2D eigenvalue weighted by Gasteiger charge is 2.41. The Morgan fingerprint density at radius 1 is 1.00 bits per heavy atom. The number of Topliss-reactive ketones (excluding diaryl/α,β-unsaturated/α-hetero) is 1. The molecular formula is C32H41NO9. The molecule has 0 radical (unpaired) electrons. The average Bonchev–Trinajstić information content (AvgIpc) is 3.01. The molecular weight excluding hydrogens is 542 g/mol. The highest BCUT2D eigenvalue weighted by molar-refractivity contribution is 6.38. The van der Waals surface area contributed by atoms with Gasteiger partial charge in [-0.05, 0) is 73.9 Å². The third-order valence-electron chi connectivity index (χ3n) is 7.74. The van der Waals surface area contributed by atoms with Gasteiger partial charge in [0.15, 0.2) is 18.1 Å². The van der Waals surface area contributed by atoms with E-state index in [4.69, 9.17) is 24.1 Å². The normalized spacial score (nSPS) is 15.8. The average molecular weight is 584 g/mol. The highest BCUT2D eigenvalue weighted by Crippen LogP contribution is 2.32. The minimum Gasteiger partial charge on any atom is -0.493 e. The van der Waals surface area contributed by atoms with Crippen LogP contribution in [0.5, 0.6) is 17.2 Å². The van der Waals surface area contributed by atoms with Crippen molar-refractivity contribution in [2.75, 3.05) is 27.4 Å². The topological polar surface area (TPSA) is 129 Å². The fraction of sp³-hybridized carbons (Fsp3) is 0.500. The van der Waals surface area contributed by atoms with Crippen LogP contribution in [0.1, 0.15) is 70.1 Å². The molecule has 10 nitrogen and oxygen atoms in total. The van der Waals surface area contributed by atoms with Gasteiger partial charge in [0.2, 0.25) is 5.78 Å². The number of methoxy groups -OCH3 is 2. The SMILES string of the molecule is CCC(C)(C)C(=O)C(=O)N1CCCC[C@@H]1C(=O)O[C@H](CCc1ccc(OC)c(OC)c1)c1ccc(OCC(=O)O)cc1. The Morgan fingerprint density at radius 2 is 1.69 bits per heavy atom. The van der Waals surface area contributed by atoms with Crippen molar-refractivity contribution in [2.45, 2.75) is 71.4 Å². The third-order valence-corrected chi connectivity index (χ3v) is 7.74. The van der Waals surface area contributed by atoms with E-state index in [9.17, 15) is 19.2 Å². The summed E-state index contributed by atoms with van der Waals surface area (Å²) in [7, 11) is 3.12. The molecule has 0 saturated carbocycles. The van der Waals surface area contributed by atoms with Crippen LogP contribution in [0.25, 0.3) is 0 Å². The minimum absolute atomic E-state index is 0.316. The summed E-state index contributed by atoms with van der Waals surface area (Å²) in [5.41, 5.74) is 0.801. The van der Waals surface area contributed by atoms with Crippen molar-refractivity contribution in [1.82, 2.24) is 4.90 Å². The van der Waals surface area contributed by atoms with Crippen molar-refractivity contribution in [3.05, 3.63) is 53.6 Å². The Bertz CT molecular complexity index is 1260. The van der Waals surface area contributed by atoms with E-state index in [0.717, 1.165) is 12.0 Å². The molecule has 0 bridgehead atoms. The Hall–Kier alpha value is -4.08. The number of hydrogen-bond acceptors (Lipinski definition) is 8. The number of carboxylic acid groups (broad SMARTS) is 1. The number of hydrogen-bond donors (Lipinski definition) is 1. The maximum atomic E-state index is 13.6. The standard InChI is InChI=1S/C32H41NO9/c1-6-32(2,3)29(36)30(37)33-18-8-7-9-24(33)31(38)42-25(22-12-14-23(15-13-22)41-20-28(34)35)16-10-21-11-17-26(39-4)27(19-21)40-5/h11-15,17,19,24-25H,6-10,16,18,20H2,1-5H3,(H,34,35)/t24-,25-/m1/s1. The van der Waals surface area contributed by atoms with Crippen LogP contribution in [0.15, 0.2) is 42.5 Å². The van der Waals surface area contributed by atoms with Crippen LogP contribution in [0.3, 0.4) is 0 Å². The smallest absolute Gasteiger partial charge is 0.341 e. The molecule has 42 heavy (non-hydrogen) atoms. The van der Waals surface area contributed by atoms with Crippen molar-refractivity contribution in [1.29, 1.82) is 0 Å². The van der Waals surface area contributed by atoms with Gasteiger partial charge in [0.05, 0.1) is 14.2 Å². The first-order valence-electron chi connectivity index (χ1n) is 14.2. The van der Waals surface area contributed by atoms with Crippen molar-refractivity contribution in [2.24, 2.45) is 5.41 Å². The summed E-state index contributed by atoms with van der Waals surface area (Å²) in [6.45, 7) is 5.16. The molecule has 0 unspecified atom stereocenters. The van der Waals surface area contributed by atoms with Crippen LogP contribution < -0.4 is 14.2 Å². The summed E-state index contributed by atoms with van der Waals surface area (Å²) in [5, 5.41) is 8.89. The van der Waals surface area contributed by atoms with Crippen molar-refractivity contribution in [3.63, 3.8) is 0 Å². The number of carbonyl (C=O) groups excluding carboxylic acids is 3. The van der Waals surface area contributed by atoms with Crippen LogP contribution >= 0.6 is 0 Å². The molecule has 0 aliphatic carbocycles. The van der Waals surface area contributed by atoms with Crippen LogP contribution in [0, 0.1) is 5.41 Å². The fourth-order valence-electron chi connectivity index (χ4n) is 4.77. The minimum atomic E-state index is -1.09. The molecule has 1 fully saturated rings. The summed E-state index contributed by atoms with van der Waals surface area (Å²) >= 11 is 0. The predicted octanol–water partition coefficient (Wildman–Crippen LogP) is 4.77. The largest absolute Gasteiger partial charge is 0.493 e. The second kappa shape index (κ2) is 14.7. The molecule has 2 aromatic rings. The number of rotatable bonds is 14. The zero-order valence-corrected chi connectivity index (χ0v) is 25.0. The van der Waals surface area contributed by atoms with Gasteiger partial charge in [-0.2, -0.15) is 0 Å². The van der Waals surface area contributed by atoms with Crippen LogP contribution in [-0.4, -0.2) is 67.0 Å². The van der Waals surface area contributed by atoms with E-state index < -0.39 is 47.8 Å². The Balaban J connectivity index is 1.84. The second-order valence-electron chi connectivity index (χ2n) is 11.0. The lowest BCUT2D eigenvalue weighted by molar-refractivity contribution is -0.164. The maximum absolute atomic E-state index is 13.6.